The second-order valence-corrected chi connectivity index (χ2v) is 11.0. The molecule has 1 aromatic carbocycles. The highest BCUT2D eigenvalue weighted by Gasteiger charge is 2.51. The van der Waals surface area contributed by atoms with E-state index < -0.39 is 5.54 Å². The first-order valence-corrected chi connectivity index (χ1v) is 14.0. The monoisotopic (exact) mass is 492 g/mol. The fourth-order valence-corrected chi connectivity index (χ4v) is 6.12. The SMILES string of the molecule is CCCCOc1ccc(-c2cc3n(n2)CC(C)(C(=O)NC2CCCCC2)N(C2CCCC2)C3=O)cc1. The Morgan fingerprint density at radius 2 is 1.78 bits per heavy atom. The van der Waals surface area contributed by atoms with Gasteiger partial charge in [0.25, 0.3) is 5.91 Å². The molecule has 0 spiro atoms. The van der Waals surface area contributed by atoms with Gasteiger partial charge >= 0.3 is 0 Å². The molecule has 3 aliphatic rings. The zero-order valence-corrected chi connectivity index (χ0v) is 21.8. The van der Waals surface area contributed by atoms with Crippen LogP contribution >= 0.6 is 0 Å². The number of hydrogen-bond acceptors (Lipinski definition) is 4. The van der Waals surface area contributed by atoms with Crippen LogP contribution in [0, 0.1) is 0 Å². The lowest BCUT2D eigenvalue weighted by Crippen LogP contribution is -2.67. The van der Waals surface area contributed by atoms with Gasteiger partial charge in [0.05, 0.1) is 18.8 Å². The van der Waals surface area contributed by atoms with Crippen molar-refractivity contribution in [3.05, 3.63) is 36.0 Å². The van der Waals surface area contributed by atoms with E-state index in [4.69, 9.17) is 9.84 Å². The number of carbonyl (C=O) groups is 2. The molecule has 2 saturated carbocycles. The third-order valence-electron chi connectivity index (χ3n) is 8.24. The number of fused-ring (bicyclic) bond motifs is 1. The summed E-state index contributed by atoms with van der Waals surface area (Å²) in [6.45, 7) is 5.17. The zero-order valence-electron chi connectivity index (χ0n) is 21.8. The fraction of sp³-hybridized carbons (Fsp3) is 0.621. The van der Waals surface area contributed by atoms with Gasteiger partial charge < -0.3 is 15.0 Å². The summed E-state index contributed by atoms with van der Waals surface area (Å²) in [6, 6.07) is 10.1. The van der Waals surface area contributed by atoms with Crippen LogP contribution in [0.2, 0.25) is 0 Å². The summed E-state index contributed by atoms with van der Waals surface area (Å²) in [5.74, 6) is 0.727. The number of nitrogens with one attached hydrogen (secondary N) is 1. The van der Waals surface area contributed by atoms with E-state index >= 15 is 0 Å². The smallest absolute Gasteiger partial charge is 0.273 e. The highest BCUT2D eigenvalue weighted by atomic mass is 16.5. The molecule has 1 atom stereocenters. The minimum atomic E-state index is -0.948. The average molecular weight is 493 g/mol. The van der Waals surface area contributed by atoms with Crippen LogP contribution in [0.15, 0.2) is 30.3 Å². The topological polar surface area (TPSA) is 76.5 Å². The second-order valence-electron chi connectivity index (χ2n) is 11.0. The van der Waals surface area contributed by atoms with E-state index in [1.54, 1.807) is 4.68 Å². The molecule has 2 heterocycles. The molecule has 1 aliphatic heterocycles. The molecule has 1 aromatic heterocycles. The number of hydrogen-bond donors (Lipinski definition) is 1. The van der Waals surface area contributed by atoms with Crippen molar-refractivity contribution in [1.29, 1.82) is 0 Å². The normalized spacial score (nSPS) is 23.1. The van der Waals surface area contributed by atoms with Crippen molar-refractivity contribution in [3.8, 4) is 17.0 Å². The fourth-order valence-electron chi connectivity index (χ4n) is 6.12. The number of benzene rings is 1. The van der Waals surface area contributed by atoms with E-state index in [0.717, 1.165) is 81.2 Å². The molecule has 0 radical (unpaired) electrons. The van der Waals surface area contributed by atoms with Crippen molar-refractivity contribution >= 4 is 11.8 Å². The van der Waals surface area contributed by atoms with Crippen molar-refractivity contribution in [2.24, 2.45) is 0 Å². The molecule has 36 heavy (non-hydrogen) atoms. The lowest BCUT2D eigenvalue weighted by atomic mass is 9.90. The molecule has 2 fully saturated rings. The molecule has 7 nitrogen and oxygen atoms in total. The van der Waals surface area contributed by atoms with Gasteiger partial charge in [-0.25, -0.2) is 0 Å². The highest BCUT2D eigenvalue weighted by molar-refractivity contribution is 6.00. The van der Waals surface area contributed by atoms with Crippen molar-refractivity contribution < 1.29 is 14.3 Å². The Kier molecular flexibility index (Phi) is 7.35. The summed E-state index contributed by atoms with van der Waals surface area (Å²) in [7, 11) is 0. The first-order valence-electron chi connectivity index (χ1n) is 14.0. The molecular weight excluding hydrogens is 452 g/mol. The molecule has 1 unspecified atom stereocenters. The molecule has 5 rings (SSSR count). The van der Waals surface area contributed by atoms with Gasteiger partial charge in [-0.1, -0.05) is 45.4 Å². The Labute approximate surface area is 214 Å². The first kappa shape index (κ1) is 24.8. The van der Waals surface area contributed by atoms with E-state index in [1.807, 2.05) is 42.2 Å². The van der Waals surface area contributed by atoms with Crippen LogP contribution in [0.4, 0.5) is 0 Å². The number of rotatable bonds is 8. The van der Waals surface area contributed by atoms with Gasteiger partial charge in [-0.05, 0) is 69.4 Å². The van der Waals surface area contributed by atoms with E-state index in [9.17, 15) is 9.59 Å². The molecule has 194 valence electrons. The van der Waals surface area contributed by atoms with E-state index in [0.29, 0.717) is 18.8 Å². The van der Waals surface area contributed by atoms with Crippen molar-refractivity contribution in [3.63, 3.8) is 0 Å². The number of nitrogens with zero attached hydrogens (tertiary/aromatic N) is 3. The predicted octanol–water partition coefficient (Wildman–Crippen LogP) is 5.34. The maximum Gasteiger partial charge on any atom is 0.273 e. The summed E-state index contributed by atoms with van der Waals surface area (Å²) in [5.41, 5.74) is 1.31. The van der Waals surface area contributed by atoms with Crippen LogP contribution in [-0.4, -0.2) is 50.7 Å². The van der Waals surface area contributed by atoms with Gasteiger partial charge in [0, 0.05) is 17.6 Å². The lowest BCUT2D eigenvalue weighted by Gasteiger charge is -2.47. The largest absolute Gasteiger partial charge is 0.494 e. The maximum absolute atomic E-state index is 13.9. The molecule has 1 N–H and O–H groups in total. The van der Waals surface area contributed by atoms with Crippen LogP contribution in [0.5, 0.6) is 5.75 Å². The third kappa shape index (κ3) is 4.89. The van der Waals surface area contributed by atoms with E-state index in [-0.39, 0.29) is 23.9 Å². The Morgan fingerprint density at radius 1 is 1.08 bits per heavy atom. The van der Waals surface area contributed by atoms with Crippen molar-refractivity contribution in [1.82, 2.24) is 20.0 Å². The summed E-state index contributed by atoms with van der Waals surface area (Å²) < 4.78 is 7.55. The number of ether oxygens (including phenoxy) is 1. The quantitative estimate of drug-likeness (QED) is 0.505. The average Bonchev–Trinajstić information content (AvgIpc) is 3.56. The maximum atomic E-state index is 13.9. The number of aromatic nitrogens is 2. The van der Waals surface area contributed by atoms with Crippen LogP contribution in [0.25, 0.3) is 11.3 Å². The molecule has 0 saturated heterocycles. The number of carbonyl (C=O) groups excluding carboxylic acids is 2. The number of unbranched alkanes of at least 4 members (excludes halogenated alkanes) is 1. The summed E-state index contributed by atoms with van der Waals surface area (Å²) in [4.78, 5) is 29.6. The Balaban J connectivity index is 1.41. The predicted molar refractivity (Wildman–Crippen MR) is 140 cm³/mol. The van der Waals surface area contributed by atoms with Gasteiger partial charge in [-0.15, -0.1) is 0 Å². The molecular formula is C29H40N4O3. The molecule has 0 bridgehead atoms. The van der Waals surface area contributed by atoms with Gasteiger partial charge in [0.1, 0.15) is 17.0 Å². The molecule has 7 heteroatoms. The summed E-state index contributed by atoms with van der Waals surface area (Å²) in [5, 5.41) is 8.12. The summed E-state index contributed by atoms with van der Waals surface area (Å²) in [6.07, 6.45) is 11.8. The van der Waals surface area contributed by atoms with Gasteiger partial charge in [-0.3, -0.25) is 14.3 Å². The Morgan fingerprint density at radius 3 is 2.47 bits per heavy atom. The molecule has 2 amide bonds. The Hall–Kier alpha value is -2.83. The van der Waals surface area contributed by atoms with Crippen LogP contribution in [-0.2, 0) is 11.3 Å². The molecule has 2 aliphatic carbocycles. The minimum absolute atomic E-state index is 0.0362. The highest BCUT2D eigenvalue weighted by Crippen LogP contribution is 2.37. The first-order chi connectivity index (χ1) is 17.5. The Bertz CT molecular complexity index is 1070. The van der Waals surface area contributed by atoms with Crippen LogP contribution in [0.1, 0.15) is 95.0 Å². The minimum Gasteiger partial charge on any atom is -0.494 e. The van der Waals surface area contributed by atoms with Gasteiger partial charge in [0.2, 0.25) is 5.91 Å². The van der Waals surface area contributed by atoms with E-state index in [1.165, 1.54) is 6.42 Å². The lowest BCUT2D eigenvalue weighted by molar-refractivity contribution is -0.135. The second kappa shape index (κ2) is 10.7. The van der Waals surface area contributed by atoms with Gasteiger partial charge in [-0.2, -0.15) is 5.10 Å². The molecule has 2 aromatic rings. The number of amides is 2. The third-order valence-corrected chi connectivity index (χ3v) is 8.24. The van der Waals surface area contributed by atoms with Crippen LogP contribution < -0.4 is 10.1 Å². The van der Waals surface area contributed by atoms with E-state index in [2.05, 4.69) is 12.2 Å². The van der Waals surface area contributed by atoms with Crippen molar-refractivity contribution in [2.45, 2.75) is 109 Å². The van der Waals surface area contributed by atoms with Gasteiger partial charge in [0.15, 0.2) is 0 Å². The summed E-state index contributed by atoms with van der Waals surface area (Å²) >= 11 is 0. The van der Waals surface area contributed by atoms with Crippen LogP contribution in [0.3, 0.4) is 0 Å². The van der Waals surface area contributed by atoms with Crippen molar-refractivity contribution in [2.75, 3.05) is 6.61 Å². The standard InChI is InChI=1S/C29H40N4O3/c1-3-4-18-36-24-16-14-21(15-17-24)25-19-26-27(34)33(23-12-8-9-13-23)29(2,20-32(26)31-25)28(35)30-22-10-6-5-7-11-22/h14-17,19,22-23H,3-13,18,20H2,1-2H3,(H,30,35). The zero-order chi connectivity index (χ0) is 25.1.